The van der Waals surface area contributed by atoms with Gasteiger partial charge < -0.3 is 25.4 Å². The van der Waals surface area contributed by atoms with Gasteiger partial charge in [-0.1, -0.05) is 6.07 Å². The molecule has 0 saturated carbocycles. The smallest absolute Gasteiger partial charge is 0.265 e. The molecule has 2 heterocycles. The van der Waals surface area contributed by atoms with Crippen LogP contribution >= 0.6 is 12.4 Å². The fraction of sp³-hybridized carbons (Fsp3) is 0.556. The van der Waals surface area contributed by atoms with Crippen LogP contribution in [-0.2, 0) is 9.53 Å². The van der Waals surface area contributed by atoms with Gasteiger partial charge in [0.2, 0.25) is 0 Å². The van der Waals surface area contributed by atoms with Crippen molar-refractivity contribution in [2.24, 2.45) is 5.73 Å². The number of carbonyl (C=O) groups excluding carboxylic acids is 2. The zero-order valence-corrected chi connectivity index (χ0v) is 15.7. The van der Waals surface area contributed by atoms with E-state index in [1.807, 2.05) is 4.90 Å². The van der Waals surface area contributed by atoms with E-state index in [1.165, 1.54) is 0 Å². The van der Waals surface area contributed by atoms with E-state index in [4.69, 9.17) is 15.2 Å². The lowest BCUT2D eigenvalue weighted by Crippen LogP contribution is -2.42. The fourth-order valence-corrected chi connectivity index (χ4v) is 3.12. The molecule has 0 bridgehead atoms. The van der Waals surface area contributed by atoms with E-state index in [1.54, 1.807) is 25.1 Å². The van der Waals surface area contributed by atoms with Crippen LogP contribution in [0.4, 0.5) is 5.69 Å². The molecule has 1 unspecified atom stereocenters. The van der Waals surface area contributed by atoms with Crippen LogP contribution in [0.1, 0.15) is 36.5 Å². The number of likely N-dealkylation sites (tertiary alicyclic amines) is 1. The minimum absolute atomic E-state index is 0. The minimum Gasteiger partial charge on any atom is -0.478 e. The molecule has 2 aliphatic rings. The largest absolute Gasteiger partial charge is 0.478 e. The van der Waals surface area contributed by atoms with Crippen molar-refractivity contribution in [1.82, 2.24) is 4.90 Å². The number of anilines is 1. The van der Waals surface area contributed by atoms with Gasteiger partial charge in [-0.2, -0.15) is 0 Å². The SMILES string of the molecule is CC1Oc2c(cccc2C(=O)N2CCC(OCCCN)CC2)NC1=O.Cl. The molecular weight excluding hydrogens is 358 g/mol. The molecule has 0 radical (unpaired) electrons. The number of nitrogens with one attached hydrogen (secondary N) is 1. The Morgan fingerprint density at radius 1 is 1.38 bits per heavy atom. The van der Waals surface area contributed by atoms with Crippen LogP contribution in [0.2, 0.25) is 0 Å². The molecule has 1 fully saturated rings. The predicted octanol–water partition coefficient (Wildman–Crippen LogP) is 1.80. The first kappa shape index (κ1) is 20.5. The van der Waals surface area contributed by atoms with E-state index < -0.39 is 6.10 Å². The van der Waals surface area contributed by atoms with Crippen LogP contribution < -0.4 is 15.8 Å². The molecule has 26 heavy (non-hydrogen) atoms. The third-order valence-electron chi connectivity index (χ3n) is 4.60. The molecule has 1 saturated heterocycles. The Hall–Kier alpha value is -1.83. The summed E-state index contributed by atoms with van der Waals surface area (Å²) in [5.74, 6) is 0.189. The molecule has 0 aromatic heterocycles. The molecule has 1 aromatic carbocycles. The third-order valence-corrected chi connectivity index (χ3v) is 4.60. The van der Waals surface area contributed by atoms with E-state index >= 15 is 0 Å². The maximum Gasteiger partial charge on any atom is 0.265 e. The Bertz CT molecular complexity index is 647. The second-order valence-electron chi connectivity index (χ2n) is 6.44. The Morgan fingerprint density at radius 3 is 2.81 bits per heavy atom. The number of hydrogen-bond acceptors (Lipinski definition) is 5. The number of fused-ring (bicyclic) bond motifs is 1. The van der Waals surface area contributed by atoms with E-state index in [0.29, 0.717) is 43.2 Å². The fourth-order valence-electron chi connectivity index (χ4n) is 3.12. The van der Waals surface area contributed by atoms with Gasteiger partial charge in [-0.3, -0.25) is 9.59 Å². The van der Waals surface area contributed by atoms with E-state index in [2.05, 4.69) is 5.32 Å². The number of halogens is 1. The van der Waals surface area contributed by atoms with Crippen LogP contribution in [0, 0.1) is 0 Å². The molecule has 3 N–H and O–H groups in total. The first-order valence-corrected chi connectivity index (χ1v) is 8.81. The molecule has 3 rings (SSSR count). The highest BCUT2D eigenvalue weighted by molar-refractivity contribution is 6.04. The van der Waals surface area contributed by atoms with Gasteiger partial charge in [0.15, 0.2) is 11.9 Å². The van der Waals surface area contributed by atoms with Crippen LogP contribution in [-0.4, -0.2) is 55.2 Å². The van der Waals surface area contributed by atoms with Gasteiger partial charge in [0.1, 0.15) is 0 Å². The topological polar surface area (TPSA) is 93.9 Å². The number of rotatable bonds is 5. The number of carbonyl (C=O) groups is 2. The van der Waals surface area contributed by atoms with Gasteiger partial charge in [-0.15, -0.1) is 12.4 Å². The van der Waals surface area contributed by atoms with Crippen molar-refractivity contribution < 1.29 is 19.1 Å². The molecule has 8 heteroatoms. The van der Waals surface area contributed by atoms with Gasteiger partial charge in [0, 0.05) is 19.7 Å². The van der Waals surface area contributed by atoms with Crippen LogP contribution in [0.3, 0.4) is 0 Å². The van der Waals surface area contributed by atoms with Gasteiger partial charge in [0.25, 0.3) is 11.8 Å². The summed E-state index contributed by atoms with van der Waals surface area (Å²) in [6.45, 7) is 4.28. The highest BCUT2D eigenvalue weighted by Gasteiger charge is 2.31. The molecule has 0 spiro atoms. The Labute approximate surface area is 159 Å². The maximum atomic E-state index is 12.9. The zero-order chi connectivity index (χ0) is 17.8. The zero-order valence-electron chi connectivity index (χ0n) is 14.9. The second kappa shape index (κ2) is 9.21. The minimum atomic E-state index is -0.608. The number of nitrogens with two attached hydrogens (primary N) is 1. The van der Waals surface area contributed by atoms with Crippen molar-refractivity contribution in [2.45, 2.75) is 38.4 Å². The number of para-hydroxylation sites is 1. The van der Waals surface area contributed by atoms with Crippen molar-refractivity contribution >= 4 is 29.9 Å². The highest BCUT2D eigenvalue weighted by atomic mass is 35.5. The molecule has 2 aliphatic heterocycles. The van der Waals surface area contributed by atoms with E-state index in [9.17, 15) is 9.59 Å². The van der Waals surface area contributed by atoms with Crippen LogP contribution in [0.15, 0.2) is 18.2 Å². The normalized spacial score (nSPS) is 19.8. The Balaban J connectivity index is 0.00000243. The van der Waals surface area contributed by atoms with E-state index in [-0.39, 0.29) is 30.3 Å². The summed E-state index contributed by atoms with van der Waals surface area (Å²) in [5.41, 5.74) is 6.52. The van der Waals surface area contributed by atoms with Crippen molar-refractivity contribution in [2.75, 3.05) is 31.6 Å². The summed E-state index contributed by atoms with van der Waals surface area (Å²) in [5, 5.41) is 2.78. The lowest BCUT2D eigenvalue weighted by Gasteiger charge is -2.33. The van der Waals surface area contributed by atoms with Crippen molar-refractivity contribution in [3.05, 3.63) is 23.8 Å². The van der Waals surface area contributed by atoms with Crippen molar-refractivity contribution in [3.63, 3.8) is 0 Å². The monoisotopic (exact) mass is 383 g/mol. The number of ether oxygens (including phenoxy) is 2. The lowest BCUT2D eigenvalue weighted by molar-refractivity contribution is -0.122. The molecule has 2 amide bonds. The first-order chi connectivity index (χ1) is 12.1. The highest BCUT2D eigenvalue weighted by Crippen LogP contribution is 2.34. The van der Waals surface area contributed by atoms with Crippen molar-refractivity contribution in [1.29, 1.82) is 0 Å². The average Bonchev–Trinajstić information content (AvgIpc) is 2.62. The third kappa shape index (κ3) is 4.47. The summed E-state index contributed by atoms with van der Waals surface area (Å²) in [7, 11) is 0. The van der Waals surface area contributed by atoms with E-state index in [0.717, 1.165) is 19.3 Å². The molecule has 1 aromatic rings. The number of amides is 2. The summed E-state index contributed by atoms with van der Waals surface area (Å²) in [4.78, 5) is 26.5. The van der Waals surface area contributed by atoms with Gasteiger partial charge in [-0.25, -0.2) is 0 Å². The molecule has 1 atom stereocenters. The van der Waals surface area contributed by atoms with Crippen LogP contribution in [0.5, 0.6) is 5.75 Å². The molecule has 7 nitrogen and oxygen atoms in total. The number of nitrogens with zero attached hydrogens (tertiary/aromatic N) is 1. The average molecular weight is 384 g/mol. The maximum absolute atomic E-state index is 12.9. The predicted molar refractivity (Wildman–Crippen MR) is 101 cm³/mol. The lowest BCUT2D eigenvalue weighted by atomic mass is 10.0. The Kier molecular flexibility index (Phi) is 7.25. The van der Waals surface area contributed by atoms with Gasteiger partial charge >= 0.3 is 0 Å². The number of benzene rings is 1. The Morgan fingerprint density at radius 2 is 2.12 bits per heavy atom. The van der Waals surface area contributed by atoms with Gasteiger partial charge in [0.05, 0.1) is 17.4 Å². The number of hydrogen-bond donors (Lipinski definition) is 2. The second-order valence-corrected chi connectivity index (χ2v) is 6.44. The first-order valence-electron chi connectivity index (χ1n) is 8.81. The molecule has 0 aliphatic carbocycles. The summed E-state index contributed by atoms with van der Waals surface area (Å²) >= 11 is 0. The number of piperidine rings is 1. The van der Waals surface area contributed by atoms with Crippen LogP contribution in [0.25, 0.3) is 0 Å². The summed E-state index contributed by atoms with van der Waals surface area (Å²) in [6.07, 6.45) is 2.08. The standard InChI is InChI=1S/C18H25N3O4.ClH/c1-12-17(22)20-15-5-2-4-14(16(15)25-12)18(23)21-9-6-13(7-10-21)24-11-3-8-19;/h2,4-5,12-13H,3,6-11,19H2,1H3,(H,20,22);1H. The quantitative estimate of drug-likeness (QED) is 0.756. The molecule has 144 valence electrons. The summed E-state index contributed by atoms with van der Waals surface area (Å²) in [6, 6.07) is 5.25. The summed E-state index contributed by atoms with van der Waals surface area (Å²) < 4.78 is 11.5. The molecular formula is C18H26ClN3O4. The van der Waals surface area contributed by atoms with Gasteiger partial charge in [-0.05, 0) is 44.9 Å². The van der Waals surface area contributed by atoms with Crippen molar-refractivity contribution in [3.8, 4) is 5.75 Å².